The maximum absolute atomic E-state index is 5.87. The van der Waals surface area contributed by atoms with Crippen LogP contribution in [0.5, 0.6) is 11.6 Å². The van der Waals surface area contributed by atoms with E-state index in [9.17, 15) is 0 Å². The van der Waals surface area contributed by atoms with Gasteiger partial charge < -0.3 is 10.5 Å². The molecule has 1 atom stereocenters. The molecule has 0 saturated carbocycles. The molecule has 2 N–H and O–H groups in total. The van der Waals surface area contributed by atoms with Crippen molar-refractivity contribution in [1.82, 2.24) is 4.98 Å². The first-order valence-corrected chi connectivity index (χ1v) is 6.86. The Labute approximate surface area is 121 Å². The SMILES string of the molecule is CC(N)Cc1cccnc1Oc1ccccc1I. The van der Waals surface area contributed by atoms with Gasteiger partial charge in [-0.25, -0.2) is 4.98 Å². The first-order valence-electron chi connectivity index (χ1n) is 5.78. The molecule has 0 aliphatic rings. The zero-order chi connectivity index (χ0) is 13.0. The third-order valence-corrected chi connectivity index (χ3v) is 3.33. The van der Waals surface area contributed by atoms with Crippen molar-refractivity contribution in [2.24, 2.45) is 5.73 Å². The number of benzene rings is 1. The lowest BCUT2D eigenvalue weighted by atomic mass is 10.1. The molecule has 0 amide bonds. The van der Waals surface area contributed by atoms with Gasteiger partial charge in [0.05, 0.1) is 3.57 Å². The number of halogens is 1. The lowest BCUT2D eigenvalue weighted by Gasteiger charge is -2.12. The van der Waals surface area contributed by atoms with Crippen molar-refractivity contribution in [3.05, 3.63) is 51.7 Å². The van der Waals surface area contributed by atoms with Crippen LogP contribution < -0.4 is 10.5 Å². The Morgan fingerprint density at radius 3 is 2.78 bits per heavy atom. The van der Waals surface area contributed by atoms with Crippen molar-refractivity contribution in [3.63, 3.8) is 0 Å². The lowest BCUT2D eigenvalue weighted by molar-refractivity contribution is 0.451. The summed E-state index contributed by atoms with van der Waals surface area (Å²) >= 11 is 2.25. The third kappa shape index (κ3) is 3.43. The lowest BCUT2D eigenvalue weighted by Crippen LogP contribution is -2.18. The van der Waals surface area contributed by atoms with Gasteiger partial charge >= 0.3 is 0 Å². The summed E-state index contributed by atoms with van der Waals surface area (Å²) in [5, 5.41) is 0. The monoisotopic (exact) mass is 354 g/mol. The maximum atomic E-state index is 5.87. The van der Waals surface area contributed by atoms with Gasteiger partial charge in [0.2, 0.25) is 5.88 Å². The molecule has 4 heteroatoms. The molecule has 0 radical (unpaired) electrons. The van der Waals surface area contributed by atoms with Crippen molar-refractivity contribution >= 4 is 22.6 Å². The van der Waals surface area contributed by atoms with Gasteiger partial charge in [-0.05, 0) is 54.1 Å². The van der Waals surface area contributed by atoms with Crippen molar-refractivity contribution in [2.45, 2.75) is 19.4 Å². The number of aromatic nitrogens is 1. The van der Waals surface area contributed by atoms with Crippen molar-refractivity contribution in [2.75, 3.05) is 0 Å². The van der Waals surface area contributed by atoms with Crippen LogP contribution in [0.1, 0.15) is 12.5 Å². The largest absolute Gasteiger partial charge is 0.438 e. The Bertz CT molecular complexity index is 529. The first kappa shape index (κ1) is 13.3. The minimum Gasteiger partial charge on any atom is -0.438 e. The number of hydrogen-bond donors (Lipinski definition) is 1. The fourth-order valence-corrected chi connectivity index (χ4v) is 2.15. The van der Waals surface area contributed by atoms with Crippen LogP contribution >= 0.6 is 22.6 Å². The van der Waals surface area contributed by atoms with E-state index < -0.39 is 0 Å². The van der Waals surface area contributed by atoms with Gasteiger partial charge in [0.1, 0.15) is 5.75 Å². The number of para-hydroxylation sites is 1. The Balaban J connectivity index is 2.26. The predicted molar refractivity (Wildman–Crippen MR) is 80.8 cm³/mol. The molecular formula is C14H15IN2O. The van der Waals surface area contributed by atoms with E-state index in [0.717, 1.165) is 21.3 Å². The number of nitrogens with two attached hydrogens (primary N) is 1. The Hall–Kier alpha value is -1.14. The summed E-state index contributed by atoms with van der Waals surface area (Å²) in [4.78, 5) is 4.29. The highest BCUT2D eigenvalue weighted by Crippen LogP contribution is 2.27. The zero-order valence-corrected chi connectivity index (χ0v) is 12.3. The second-order valence-corrected chi connectivity index (χ2v) is 5.34. The highest BCUT2D eigenvalue weighted by molar-refractivity contribution is 14.1. The average molecular weight is 354 g/mol. The second kappa shape index (κ2) is 6.15. The van der Waals surface area contributed by atoms with Gasteiger partial charge in [-0.3, -0.25) is 0 Å². The average Bonchev–Trinajstić information content (AvgIpc) is 2.34. The second-order valence-electron chi connectivity index (χ2n) is 4.18. The van der Waals surface area contributed by atoms with Crippen LogP contribution in [0, 0.1) is 3.57 Å². The van der Waals surface area contributed by atoms with E-state index >= 15 is 0 Å². The van der Waals surface area contributed by atoms with Gasteiger partial charge in [0, 0.05) is 17.8 Å². The summed E-state index contributed by atoms with van der Waals surface area (Å²) in [6.45, 7) is 1.98. The maximum Gasteiger partial charge on any atom is 0.222 e. The van der Waals surface area contributed by atoms with Gasteiger partial charge in [-0.1, -0.05) is 18.2 Å². The number of pyridine rings is 1. The molecule has 0 saturated heterocycles. The van der Waals surface area contributed by atoms with Crippen LogP contribution in [0.4, 0.5) is 0 Å². The summed E-state index contributed by atoms with van der Waals surface area (Å²) in [5.41, 5.74) is 6.87. The molecule has 0 fully saturated rings. The molecule has 0 aliphatic heterocycles. The molecule has 3 nitrogen and oxygen atoms in total. The molecule has 2 aromatic rings. The minimum absolute atomic E-state index is 0.0893. The highest BCUT2D eigenvalue weighted by atomic mass is 127. The molecule has 2 rings (SSSR count). The molecule has 0 spiro atoms. The fraction of sp³-hybridized carbons (Fsp3) is 0.214. The number of rotatable bonds is 4. The molecule has 0 bridgehead atoms. The fourth-order valence-electron chi connectivity index (χ4n) is 1.65. The molecular weight excluding hydrogens is 339 g/mol. The van der Waals surface area contributed by atoms with E-state index in [0.29, 0.717) is 5.88 Å². The van der Waals surface area contributed by atoms with E-state index in [1.54, 1.807) is 6.20 Å². The van der Waals surface area contributed by atoms with Crippen molar-refractivity contribution < 1.29 is 4.74 Å². The standard InChI is InChI=1S/C14H15IN2O/c1-10(16)9-11-5-4-8-17-14(11)18-13-7-3-2-6-12(13)15/h2-8,10H,9,16H2,1H3. The van der Waals surface area contributed by atoms with Gasteiger partial charge in [0.15, 0.2) is 0 Å². The zero-order valence-electron chi connectivity index (χ0n) is 10.1. The predicted octanol–water partition coefficient (Wildman–Crippen LogP) is 3.37. The molecule has 0 aliphatic carbocycles. The smallest absolute Gasteiger partial charge is 0.222 e. The molecule has 18 heavy (non-hydrogen) atoms. The van der Waals surface area contributed by atoms with Gasteiger partial charge in [0.25, 0.3) is 0 Å². The molecule has 94 valence electrons. The van der Waals surface area contributed by atoms with Crippen LogP contribution in [-0.4, -0.2) is 11.0 Å². The van der Waals surface area contributed by atoms with Crippen LogP contribution in [0.25, 0.3) is 0 Å². The molecule has 1 aromatic heterocycles. The topological polar surface area (TPSA) is 48.1 Å². The molecule has 1 heterocycles. The normalized spacial score (nSPS) is 12.2. The Morgan fingerprint density at radius 2 is 2.06 bits per heavy atom. The summed E-state index contributed by atoms with van der Waals surface area (Å²) in [7, 11) is 0. The Kier molecular flexibility index (Phi) is 4.54. The van der Waals surface area contributed by atoms with E-state index in [-0.39, 0.29) is 6.04 Å². The molecule has 1 unspecified atom stereocenters. The van der Waals surface area contributed by atoms with E-state index in [1.807, 2.05) is 43.3 Å². The van der Waals surface area contributed by atoms with E-state index in [2.05, 4.69) is 27.6 Å². The number of hydrogen-bond acceptors (Lipinski definition) is 3. The summed E-state index contributed by atoms with van der Waals surface area (Å²) < 4.78 is 6.93. The highest BCUT2D eigenvalue weighted by Gasteiger charge is 2.09. The summed E-state index contributed by atoms with van der Waals surface area (Å²) in [6, 6.07) is 11.9. The molecule has 1 aromatic carbocycles. The first-order chi connectivity index (χ1) is 8.66. The quantitative estimate of drug-likeness (QED) is 0.857. The summed E-state index contributed by atoms with van der Waals surface area (Å²) in [6.07, 6.45) is 2.49. The van der Waals surface area contributed by atoms with Crippen molar-refractivity contribution in [1.29, 1.82) is 0 Å². The van der Waals surface area contributed by atoms with Crippen LogP contribution in [0.2, 0.25) is 0 Å². The number of nitrogens with zero attached hydrogens (tertiary/aromatic N) is 1. The van der Waals surface area contributed by atoms with Gasteiger partial charge in [-0.15, -0.1) is 0 Å². The Morgan fingerprint density at radius 1 is 1.28 bits per heavy atom. The van der Waals surface area contributed by atoms with E-state index in [1.165, 1.54) is 0 Å². The van der Waals surface area contributed by atoms with Crippen LogP contribution in [0.3, 0.4) is 0 Å². The van der Waals surface area contributed by atoms with E-state index in [4.69, 9.17) is 10.5 Å². The van der Waals surface area contributed by atoms with Crippen LogP contribution in [0.15, 0.2) is 42.6 Å². The van der Waals surface area contributed by atoms with Crippen molar-refractivity contribution in [3.8, 4) is 11.6 Å². The summed E-state index contributed by atoms with van der Waals surface area (Å²) in [5.74, 6) is 1.46. The van der Waals surface area contributed by atoms with Crippen LogP contribution in [-0.2, 0) is 6.42 Å². The van der Waals surface area contributed by atoms with Gasteiger partial charge in [-0.2, -0.15) is 0 Å². The minimum atomic E-state index is 0.0893. The number of ether oxygens (including phenoxy) is 1. The third-order valence-electron chi connectivity index (χ3n) is 2.44.